The van der Waals surface area contributed by atoms with Gasteiger partial charge in [-0.3, -0.25) is 0 Å². The zero-order chi connectivity index (χ0) is 14.9. The average Bonchev–Trinajstić information content (AvgIpc) is 2.40. The third-order valence-electron chi connectivity index (χ3n) is 3.15. The first-order valence-electron chi connectivity index (χ1n) is 6.01. The van der Waals surface area contributed by atoms with Crippen molar-refractivity contribution in [2.24, 2.45) is 0 Å². The van der Waals surface area contributed by atoms with E-state index in [1.807, 2.05) is 0 Å². The molecule has 0 spiro atoms. The molecule has 106 valence electrons. The minimum absolute atomic E-state index is 0.150. The Labute approximate surface area is 123 Å². The summed E-state index contributed by atoms with van der Waals surface area (Å²) in [5.41, 5.74) is 0.913. The van der Waals surface area contributed by atoms with E-state index in [4.69, 9.17) is 0 Å². The molecule has 2 aromatic carbocycles. The second-order valence-electron chi connectivity index (χ2n) is 4.52. The Kier molecular flexibility index (Phi) is 4.50. The molecule has 1 N–H and O–H groups in total. The van der Waals surface area contributed by atoms with Crippen molar-refractivity contribution < 1.29 is 13.2 Å². The Balaban J connectivity index is 2.52. The Morgan fingerprint density at radius 1 is 1.00 bits per heavy atom. The van der Waals surface area contributed by atoms with E-state index in [2.05, 4.69) is 21.2 Å². The molecule has 0 heterocycles. The van der Waals surface area contributed by atoms with Crippen LogP contribution >= 0.6 is 15.9 Å². The fraction of sp³-hybridized carbons (Fsp3) is 0.200. The third-order valence-corrected chi connectivity index (χ3v) is 3.80. The van der Waals surface area contributed by atoms with Crippen LogP contribution in [0.1, 0.15) is 22.7 Å². The highest BCUT2D eigenvalue weighted by molar-refractivity contribution is 9.10. The summed E-state index contributed by atoms with van der Waals surface area (Å²) in [4.78, 5) is 0. The zero-order valence-corrected chi connectivity index (χ0v) is 12.6. The lowest BCUT2D eigenvalue weighted by Crippen LogP contribution is -2.19. The summed E-state index contributed by atoms with van der Waals surface area (Å²) in [5.74, 6) is -1.46. The maximum Gasteiger partial charge on any atom is 0.137 e. The Bertz CT molecular complexity index is 643. The molecule has 1 unspecified atom stereocenters. The minimum atomic E-state index is -0.618. The smallest absolute Gasteiger partial charge is 0.137 e. The topological polar surface area (TPSA) is 12.0 Å². The molecule has 0 radical (unpaired) electrons. The first-order valence-corrected chi connectivity index (χ1v) is 6.81. The van der Waals surface area contributed by atoms with Crippen LogP contribution in [-0.2, 0) is 0 Å². The fourth-order valence-corrected chi connectivity index (χ4v) is 2.32. The van der Waals surface area contributed by atoms with Crippen LogP contribution < -0.4 is 5.32 Å². The molecule has 2 rings (SSSR count). The van der Waals surface area contributed by atoms with Crippen LogP contribution in [-0.4, -0.2) is 7.05 Å². The maximum absolute atomic E-state index is 14.0. The van der Waals surface area contributed by atoms with Gasteiger partial charge in [-0.2, -0.15) is 0 Å². The van der Waals surface area contributed by atoms with E-state index < -0.39 is 23.5 Å². The second kappa shape index (κ2) is 5.97. The van der Waals surface area contributed by atoms with Crippen LogP contribution in [0.4, 0.5) is 13.2 Å². The van der Waals surface area contributed by atoms with Gasteiger partial charge in [0.2, 0.25) is 0 Å². The number of aryl methyl sites for hydroxylation is 1. The number of hydrogen-bond acceptors (Lipinski definition) is 1. The van der Waals surface area contributed by atoms with Crippen molar-refractivity contribution in [1.82, 2.24) is 5.32 Å². The standard InChI is InChI=1S/C15H13BrF3N/c1-8-5-13(18)10(7-12(8)17)15(20-2)9-3-4-11(16)14(19)6-9/h3-7,15,20H,1-2H3. The van der Waals surface area contributed by atoms with Crippen molar-refractivity contribution in [2.45, 2.75) is 13.0 Å². The molecule has 2 aromatic rings. The lowest BCUT2D eigenvalue weighted by atomic mass is 9.97. The summed E-state index contributed by atoms with van der Waals surface area (Å²) in [6.07, 6.45) is 0. The van der Waals surface area contributed by atoms with Crippen molar-refractivity contribution in [1.29, 1.82) is 0 Å². The number of hydrogen-bond donors (Lipinski definition) is 1. The zero-order valence-electron chi connectivity index (χ0n) is 11.0. The molecule has 0 saturated heterocycles. The summed E-state index contributed by atoms with van der Waals surface area (Å²) in [7, 11) is 1.61. The second-order valence-corrected chi connectivity index (χ2v) is 5.37. The van der Waals surface area contributed by atoms with Crippen LogP contribution in [0.25, 0.3) is 0 Å². The quantitative estimate of drug-likeness (QED) is 0.866. The van der Waals surface area contributed by atoms with Gasteiger partial charge in [0.05, 0.1) is 10.5 Å². The van der Waals surface area contributed by atoms with Crippen LogP contribution in [0.3, 0.4) is 0 Å². The Hall–Kier alpha value is -1.33. The van der Waals surface area contributed by atoms with Gasteiger partial charge < -0.3 is 5.32 Å². The van der Waals surface area contributed by atoms with E-state index in [9.17, 15) is 13.2 Å². The first-order chi connectivity index (χ1) is 9.43. The van der Waals surface area contributed by atoms with E-state index in [-0.39, 0.29) is 11.1 Å². The molecule has 1 atom stereocenters. The van der Waals surface area contributed by atoms with Gasteiger partial charge in [0, 0.05) is 5.56 Å². The predicted octanol–water partition coefficient (Wildman–Crippen LogP) is 4.48. The lowest BCUT2D eigenvalue weighted by Gasteiger charge is -2.19. The molecule has 0 bridgehead atoms. The number of nitrogens with one attached hydrogen (secondary N) is 1. The maximum atomic E-state index is 14.0. The van der Waals surface area contributed by atoms with E-state index in [1.165, 1.54) is 19.1 Å². The summed E-state index contributed by atoms with van der Waals surface area (Å²) < 4.78 is 41.6. The monoisotopic (exact) mass is 343 g/mol. The molecule has 0 aliphatic carbocycles. The molecule has 0 saturated carbocycles. The molecule has 0 fully saturated rings. The first kappa shape index (κ1) is 15.1. The summed E-state index contributed by atoms with van der Waals surface area (Å²) in [6.45, 7) is 1.50. The molecule has 0 amide bonds. The van der Waals surface area contributed by atoms with Crippen LogP contribution in [0.2, 0.25) is 0 Å². The lowest BCUT2D eigenvalue weighted by molar-refractivity contribution is 0.551. The third kappa shape index (κ3) is 2.88. The van der Waals surface area contributed by atoms with Crippen molar-refractivity contribution in [3.05, 3.63) is 68.9 Å². The largest absolute Gasteiger partial charge is 0.309 e. The number of halogens is 4. The molecule has 0 aromatic heterocycles. The van der Waals surface area contributed by atoms with Gasteiger partial charge in [-0.1, -0.05) is 6.07 Å². The summed E-state index contributed by atoms with van der Waals surface area (Å²) in [5, 5.41) is 2.88. The SMILES string of the molecule is CNC(c1ccc(Br)c(F)c1)c1cc(F)c(C)cc1F. The molecule has 0 aliphatic rings. The van der Waals surface area contributed by atoms with Crippen LogP contribution in [0.15, 0.2) is 34.8 Å². The molecule has 1 nitrogen and oxygen atoms in total. The normalized spacial score (nSPS) is 12.5. The van der Waals surface area contributed by atoms with E-state index >= 15 is 0 Å². The van der Waals surface area contributed by atoms with Crippen LogP contribution in [0, 0.1) is 24.4 Å². The van der Waals surface area contributed by atoms with Crippen molar-refractivity contribution in [3.63, 3.8) is 0 Å². The highest BCUT2D eigenvalue weighted by Gasteiger charge is 2.19. The van der Waals surface area contributed by atoms with Gasteiger partial charge in [0.25, 0.3) is 0 Å². The van der Waals surface area contributed by atoms with Gasteiger partial charge >= 0.3 is 0 Å². The number of benzene rings is 2. The fourth-order valence-electron chi connectivity index (χ4n) is 2.08. The molecule has 0 aliphatic heterocycles. The Morgan fingerprint density at radius 2 is 1.70 bits per heavy atom. The van der Waals surface area contributed by atoms with Gasteiger partial charge in [-0.05, 0) is 65.3 Å². The van der Waals surface area contributed by atoms with Gasteiger partial charge in [-0.25, -0.2) is 13.2 Å². The predicted molar refractivity (Wildman–Crippen MR) is 76.1 cm³/mol. The van der Waals surface area contributed by atoms with E-state index in [1.54, 1.807) is 13.1 Å². The highest BCUT2D eigenvalue weighted by atomic mass is 79.9. The van der Waals surface area contributed by atoms with Gasteiger partial charge in [-0.15, -0.1) is 0 Å². The van der Waals surface area contributed by atoms with E-state index in [0.717, 1.165) is 12.1 Å². The van der Waals surface area contributed by atoms with Crippen molar-refractivity contribution in [2.75, 3.05) is 7.05 Å². The summed E-state index contributed by atoms with van der Waals surface area (Å²) in [6, 6.07) is 6.16. The van der Waals surface area contributed by atoms with Gasteiger partial charge in [0.1, 0.15) is 17.5 Å². The molecular weight excluding hydrogens is 331 g/mol. The minimum Gasteiger partial charge on any atom is -0.309 e. The Morgan fingerprint density at radius 3 is 2.30 bits per heavy atom. The molecule has 20 heavy (non-hydrogen) atoms. The van der Waals surface area contributed by atoms with Gasteiger partial charge in [0.15, 0.2) is 0 Å². The number of rotatable bonds is 3. The van der Waals surface area contributed by atoms with Crippen LogP contribution in [0.5, 0.6) is 0 Å². The molecular formula is C15H13BrF3N. The summed E-state index contributed by atoms with van der Waals surface area (Å²) >= 11 is 3.06. The molecule has 5 heteroatoms. The van der Waals surface area contributed by atoms with Crippen molar-refractivity contribution >= 4 is 15.9 Å². The average molecular weight is 344 g/mol. The van der Waals surface area contributed by atoms with E-state index in [0.29, 0.717) is 10.0 Å². The van der Waals surface area contributed by atoms with Crippen molar-refractivity contribution in [3.8, 4) is 0 Å². The highest BCUT2D eigenvalue weighted by Crippen LogP contribution is 2.28.